The van der Waals surface area contributed by atoms with E-state index in [4.69, 9.17) is 5.11 Å². The van der Waals surface area contributed by atoms with Gasteiger partial charge in [-0.2, -0.15) is 0 Å². The van der Waals surface area contributed by atoms with Crippen LogP contribution in [0.1, 0.15) is 36.5 Å². The van der Waals surface area contributed by atoms with Gasteiger partial charge in [0.2, 0.25) is 0 Å². The number of hydrogen-bond donors (Lipinski definition) is 2. The SMILES string of the molecule is CC(CCCC(=O)O)NC(=O)c1cccnc1. The Balaban J connectivity index is 2.34. The number of carboxylic acid groups (broad SMARTS) is 1. The molecular formula is C12H16N2O3. The molecule has 5 nitrogen and oxygen atoms in total. The van der Waals surface area contributed by atoms with Gasteiger partial charge in [0.1, 0.15) is 0 Å². The van der Waals surface area contributed by atoms with E-state index in [0.717, 1.165) is 0 Å². The molecule has 0 saturated heterocycles. The quantitative estimate of drug-likeness (QED) is 0.783. The van der Waals surface area contributed by atoms with Gasteiger partial charge in [-0.3, -0.25) is 14.6 Å². The standard InChI is InChI=1S/C12H16N2O3/c1-9(4-2-6-11(15)16)14-12(17)10-5-3-7-13-8-10/h3,5,7-9H,2,4,6H2,1H3,(H,14,17)(H,15,16). The zero-order valence-corrected chi connectivity index (χ0v) is 9.72. The van der Waals surface area contributed by atoms with Gasteiger partial charge in [0, 0.05) is 24.9 Å². The average Bonchev–Trinajstić information content (AvgIpc) is 2.29. The number of rotatable bonds is 6. The number of aliphatic carboxylic acids is 1. The minimum Gasteiger partial charge on any atom is -0.481 e. The van der Waals surface area contributed by atoms with Crippen LogP contribution in [0.4, 0.5) is 0 Å². The van der Waals surface area contributed by atoms with Gasteiger partial charge in [-0.15, -0.1) is 0 Å². The maximum atomic E-state index is 11.7. The zero-order chi connectivity index (χ0) is 12.7. The fraction of sp³-hybridized carbons (Fsp3) is 0.417. The minimum absolute atomic E-state index is 0.0398. The second-order valence-corrected chi connectivity index (χ2v) is 3.90. The fourth-order valence-electron chi connectivity index (χ4n) is 1.44. The number of hydrogen-bond acceptors (Lipinski definition) is 3. The van der Waals surface area contributed by atoms with Gasteiger partial charge in [0.15, 0.2) is 0 Å². The molecule has 1 aromatic rings. The summed E-state index contributed by atoms with van der Waals surface area (Å²) >= 11 is 0. The number of pyridine rings is 1. The lowest BCUT2D eigenvalue weighted by molar-refractivity contribution is -0.137. The first-order chi connectivity index (χ1) is 8.09. The molecule has 0 bridgehead atoms. The number of nitrogens with one attached hydrogen (secondary N) is 1. The van der Waals surface area contributed by atoms with Gasteiger partial charge in [-0.25, -0.2) is 0 Å². The summed E-state index contributed by atoms with van der Waals surface area (Å²) in [6.07, 6.45) is 4.45. The lowest BCUT2D eigenvalue weighted by Gasteiger charge is -2.12. The van der Waals surface area contributed by atoms with Crippen LogP contribution in [0.25, 0.3) is 0 Å². The van der Waals surface area contributed by atoms with Crippen molar-refractivity contribution in [3.05, 3.63) is 30.1 Å². The summed E-state index contributed by atoms with van der Waals surface area (Å²) in [5, 5.41) is 11.3. The average molecular weight is 236 g/mol. The van der Waals surface area contributed by atoms with Crippen molar-refractivity contribution < 1.29 is 14.7 Å². The summed E-state index contributed by atoms with van der Waals surface area (Å²) in [6.45, 7) is 1.86. The number of carbonyl (C=O) groups is 2. The zero-order valence-electron chi connectivity index (χ0n) is 9.72. The predicted octanol–water partition coefficient (Wildman–Crippen LogP) is 1.45. The molecule has 1 atom stereocenters. The molecular weight excluding hydrogens is 220 g/mol. The largest absolute Gasteiger partial charge is 0.481 e. The maximum absolute atomic E-state index is 11.7. The second kappa shape index (κ2) is 6.62. The molecule has 1 unspecified atom stereocenters. The molecule has 17 heavy (non-hydrogen) atoms. The van der Waals surface area contributed by atoms with E-state index in [9.17, 15) is 9.59 Å². The monoisotopic (exact) mass is 236 g/mol. The van der Waals surface area contributed by atoms with Crippen LogP contribution >= 0.6 is 0 Å². The first-order valence-electron chi connectivity index (χ1n) is 5.52. The molecule has 92 valence electrons. The third kappa shape index (κ3) is 5.10. The van der Waals surface area contributed by atoms with Crippen LogP contribution in [-0.2, 0) is 4.79 Å². The van der Waals surface area contributed by atoms with Crippen LogP contribution in [0.2, 0.25) is 0 Å². The van der Waals surface area contributed by atoms with Crippen LogP contribution < -0.4 is 5.32 Å². The molecule has 0 radical (unpaired) electrons. The van der Waals surface area contributed by atoms with E-state index in [-0.39, 0.29) is 18.4 Å². The van der Waals surface area contributed by atoms with E-state index in [2.05, 4.69) is 10.3 Å². The molecule has 0 aliphatic carbocycles. The van der Waals surface area contributed by atoms with Crippen molar-refractivity contribution in [2.45, 2.75) is 32.2 Å². The Morgan fingerprint density at radius 2 is 2.29 bits per heavy atom. The van der Waals surface area contributed by atoms with Crippen LogP contribution in [0, 0.1) is 0 Å². The van der Waals surface area contributed by atoms with E-state index in [1.807, 2.05) is 6.92 Å². The molecule has 0 aliphatic heterocycles. The Bertz CT molecular complexity index is 379. The Labute approximate surface area is 99.9 Å². The topological polar surface area (TPSA) is 79.3 Å². The first kappa shape index (κ1) is 13.2. The highest BCUT2D eigenvalue weighted by Crippen LogP contribution is 2.02. The van der Waals surface area contributed by atoms with Crippen LogP contribution in [0.15, 0.2) is 24.5 Å². The van der Waals surface area contributed by atoms with Crippen molar-refractivity contribution in [1.29, 1.82) is 0 Å². The van der Waals surface area contributed by atoms with Gasteiger partial charge >= 0.3 is 5.97 Å². The number of carbonyl (C=O) groups excluding carboxylic acids is 1. The Morgan fingerprint density at radius 3 is 2.88 bits per heavy atom. The summed E-state index contributed by atoms with van der Waals surface area (Å²) < 4.78 is 0. The molecule has 1 rings (SSSR count). The summed E-state index contributed by atoms with van der Waals surface area (Å²) in [4.78, 5) is 25.9. The highest BCUT2D eigenvalue weighted by atomic mass is 16.4. The molecule has 0 fully saturated rings. The summed E-state index contributed by atoms with van der Waals surface area (Å²) in [6, 6.07) is 3.35. The molecule has 1 aromatic heterocycles. The second-order valence-electron chi connectivity index (χ2n) is 3.90. The smallest absolute Gasteiger partial charge is 0.303 e. The first-order valence-corrected chi connectivity index (χ1v) is 5.52. The summed E-state index contributed by atoms with van der Waals surface area (Å²) in [5.74, 6) is -0.989. The van der Waals surface area contributed by atoms with E-state index in [1.54, 1.807) is 18.3 Å². The number of nitrogens with zero attached hydrogens (tertiary/aromatic N) is 1. The van der Waals surface area contributed by atoms with E-state index >= 15 is 0 Å². The molecule has 2 N–H and O–H groups in total. The number of aromatic nitrogens is 1. The summed E-state index contributed by atoms with van der Waals surface area (Å²) in [7, 11) is 0. The molecule has 1 amide bonds. The van der Waals surface area contributed by atoms with Gasteiger partial charge in [-0.05, 0) is 31.9 Å². The summed E-state index contributed by atoms with van der Waals surface area (Å²) in [5.41, 5.74) is 0.512. The molecule has 5 heteroatoms. The normalized spacial score (nSPS) is 11.8. The highest BCUT2D eigenvalue weighted by Gasteiger charge is 2.09. The van der Waals surface area contributed by atoms with Gasteiger partial charge in [0.05, 0.1) is 5.56 Å². The molecule has 0 aromatic carbocycles. The number of carboxylic acids is 1. The molecule has 0 saturated carbocycles. The fourth-order valence-corrected chi connectivity index (χ4v) is 1.44. The maximum Gasteiger partial charge on any atom is 0.303 e. The minimum atomic E-state index is -0.809. The van der Waals surface area contributed by atoms with Crippen molar-refractivity contribution in [2.75, 3.05) is 0 Å². The van der Waals surface area contributed by atoms with Crippen molar-refractivity contribution >= 4 is 11.9 Å². The van der Waals surface area contributed by atoms with Crippen molar-refractivity contribution in [3.8, 4) is 0 Å². The number of amides is 1. The van der Waals surface area contributed by atoms with Crippen molar-refractivity contribution in [2.24, 2.45) is 0 Å². The van der Waals surface area contributed by atoms with Gasteiger partial charge < -0.3 is 10.4 Å². The Hall–Kier alpha value is -1.91. The molecule has 1 heterocycles. The molecule has 0 aliphatic rings. The molecule has 0 spiro atoms. The van der Waals surface area contributed by atoms with Crippen molar-refractivity contribution in [3.63, 3.8) is 0 Å². The highest BCUT2D eigenvalue weighted by molar-refractivity contribution is 5.93. The lowest BCUT2D eigenvalue weighted by atomic mass is 10.1. The lowest BCUT2D eigenvalue weighted by Crippen LogP contribution is -2.32. The van der Waals surface area contributed by atoms with E-state index in [0.29, 0.717) is 18.4 Å². The van der Waals surface area contributed by atoms with Gasteiger partial charge in [0.25, 0.3) is 5.91 Å². The van der Waals surface area contributed by atoms with Gasteiger partial charge in [-0.1, -0.05) is 0 Å². The van der Waals surface area contributed by atoms with Crippen LogP contribution in [0.3, 0.4) is 0 Å². The predicted molar refractivity (Wildman–Crippen MR) is 62.7 cm³/mol. The Morgan fingerprint density at radius 1 is 1.53 bits per heavy atom. The van der Waals surface area contributed by atoms with Crippen LogP contribution in [0.5, 0.6) is 0 Å². The van der Waals surface area contributed by atoms with E-state index in [1.165, 1.54) is 6.20 Å². The van der Waals surface area contributed by atoms with Crippen molar-refractivity contribution in [1.82, 2.24) is 10.3 Å². The van der Waals surface area contributed by atoms with E-state index < -0.39 is 5.97 Å². The third-order valence-electron chi connectivity index (χ3n) is 2.33. The Kier molecular flexibility index (Phi) is 5.13. The van der Waals surface area contributed by atoms with Crippen LogP contribution in [-0.4, -0.2) is 28.0 Å². The third-order valence-corrected chi connectivity index (χ3v) is 2.33.